The molecule has 7 nitrogen and oxygen atoms in total. The fourth-order valence-electron chi connectivity index (χ4n) is 3.93. The number of aryl methyl sites for hydroxylation is 1. The molecule has 2 atom stereocenters. The van der Waals surface area contributed by atoms with Crippen LogP contribution in [-0.4, -0.2) is 65.8 Å². The van der Waals surface area contributed by atoms with E-state index in [0.717, 1.165) is 11.1 Å². The van der Waals surface area contributed by atoms with Crippen LogP contribution < -0.4 is 5.32 Å². The van der Waals surface area contributed by atoms with Gasteiger partial charge in [0, 0.05) is 18.7 Å². The zero-order valence-corrected chi connectivity index (χ0v) is 16.9. The Kier molecular flexibility index (Phi) is 5.81. The first-order valence-electron chi connectivity index (χ1n) is 10.1. The van der Waals surface area contributed by atoms with Crippen LogP contribution in [0.2, 0.25) is 0 Å². The molecule has 30 heavy (non-hydrogen) atoms. The molecule has 2 heterocycles. The Hall–Kier alpha value is -3.19. The summed E-state index contributed by atoms with van der Waals surface area (Å²) in [6, 6.07) is 15.7. The highest BCUT2D eigenvalue weighted by molar-refractivity contribution is 5.99. The lowest BCUT2D eigenvalue weighted by atomic mass is 10.0. The van der Waals surface area contributed by atoms with Crippen LogP contribution in [0.15, 0.2) is 54.6 Å². The molecule has 156 valence electrons. The van der Waals surface area contributed by atoms with Gasteiger partial charge in [-0.25, -0.2) is 0 Å². The Morgan fingerprint density at radius 1 is 1.10 bits per heavy atom. The molecule has 2 aromatic carbocycles. The molecule has 0 bridgehead atoms. The lowest BCUT2D eigenvalue weighted by molar-refractivity contribution is -0.154. The second kappa shape index (κ2) is 8.67. The highest BCUT2D eigenvalue weighted by Gasteiger charge is 2.44. The quantitative estimate of drug-likeness (QED) is 0.812. The summed E-state index contributed by atoms with van der Waals surface area (Å²) in [5.41, 5.74) is 2.61. The minimum absolute atomic E-state index is 0.119. The maximum atomic E-state index is 12.9. The van der Waals surface area contributed by atoms with Crippen molar-refractivity contribution in [1.82, 2.24) is 15.1 Å². The summed E-state index contributed by atoms with van der Waals surface area (Å²) in [7, 11) is 0. The number of hydrogen-bond acceptors (Lipinski definition) is 4. The third-order valence-electron chi connectivity index (χ3n) is 5.53. The van der Waals surface area contributed by atoms with E-state index in [2.05, 4.69) is 5.32 Å². The van der Waals surface area contributed by atoms with E-state index >= 15 is 0 Å². The number of nitrogens with one attached hydrogen (secondary N) is 1. The van der Waals surface area contributed by atoms with Gasteiger partial charge in [-0.05, 0) is 24.6 Å². The average Bonchev–Trinajstić information content (AvgIpc) is 2.77. The number of amides is 3. The molecule has 0 aliphatic carbocycles. The second-order valence-electron chi connectivity index (χ2n) is 7.73. The van der Waals surface area contributed by atoms with Crippen molar-refractivity contribution in [1.29, 1.82) is 0 Å². The van der Waals surface area contributed by atoms with Gasteiger partial charge in [0.05, 0.1) is 19.8 Å². The molecular formula is C23H25N3O4. The van der Waals surface area contributed by atoms with Gasteiger partial charge in [-0.15, -0.1) is 0 Å². The Labute approximate surface area is 175 Å². The van der Waals surface area contributed by atoms with Crippen LogP contribution in [0.1, 0.15) is 21.5 Å². The molecule has 7 heteroatoms. The zero-order chi connectivity index (χ0) is 21.1. The first-order chi connectivity index (χ1) is 14.5. The number of carbonyl (C=O) groups is 3. The molecule has 0 radical (unpaired) electrons. The van der Waals surface area contributed by atoms with Crippen molar-refractivity contribution in [2.75, 3.05) is 26.2 Å². The Bertz CT molecular complexity index is 946. The van der Waals surface area contributed by atoms with E-state index in [1.165, 1.54) is 0 Å². The van der Waals surface area contributed by atoms with Crippen LogP contribution in [0.25, 0.3) is 0 Å². The van der Waals surface area contributed by atoms with Crippen molar-refractivity contribution in [3.8, 4) is 0 Å². The second-order valence-corrected chi connectivity index (χ2v) is 7.73. The summed E-state index contributed by atoms with van der Waals surface area (Å²) >= 11 is 0. The maximum Gasteiger partial charge on any atom is 0.254 e. The minimum Gasteiger partial charge on any atom is -0.374 e. The number of hydrogen-bond donors (Lipinski definition) is 1. The average molecular weight is 407 g/mol. The van der Waals surface area contributed by atoms with Gasteiger partial charge in [-0.2, -0.15) is 0 Å². The molecule has 2 saturated heterocycles. The number of rotatable bonds is 5. The fraction of sp³-hybridized carbons (Fsp3) is 0.348. The van der Waals surface area contributed by atoms with Gasteiger partial charge >= 0.3 is 0 Å². The molecular weight excluding hydrogens is 382 g/mol. The Morgan fingerprint density at radius 3 is 2.67 bits per heavy atom. The number of fused-ring (bicyclic) bond motifs is 1. The van der Waals surface area contributed by atoms with Crippen molar-refractivity contribution in [3.05, 3.63) is 71.3 Å². The first kappa shape index (κ1) is 20.1. The van der Waals surface area contributed by atoms with Crippen LogP contribution in [0.3, 0.4) is 0 Å². The van der Waals surface area contributed by atoms with Crippen molar-refractivity contribution in [3.63, 3.8) is 0 Å². The highest BCUT2D eigenvalue weighted by atomic mass is 16.5. The highest BCUT2D eigenvalue weighted by Crippen LogP contribution is 2.19. The third-order valence-corrected chi connectivity index (χ3v) is 5.53. The molecule has 2 fully saturated rings. The number of nitrogens with zero attached hydrogens (tertiary/aromatic N) is 2. The van der Waals surface area contributed by atoms with Crippen molar-refractivity contribution >= 4 is 17.7 Å². The van der Waals surface area contributed by atoms with E-state index < -0.39 is 12.1 Å². The normalized spacial score (nSPS) is 21.2. The summed E-state index contributed by atoms with van der Waals surface area (Å²) < 4.78 is 5.66. The standard InChI is InChI=1S/C23H25N3O4/c1-16-6-5-9-18(12-16)22(28)25-10-11-26-20(13-25)21(27)24-19(23(26)29)15-30-14-17-7-3-2-4-8-17/h2-9,12,19-20H,10-11,13-15H2,1H3,(H,24,27)/t19-,20+/m0/s1. The van der Waals surface area contributed by atoms with Crippen LogP contribution in [0, 0.1) is 6.92 Å². The van der Waals surface area contributed by atoms with Crippen molar-refractivity contribution < 1.29 is 19.1 Å². The van der Waals surface area contributed by atoms with Gasteiger partial charge in [-0.1, -0.05) is 48.0 Å². The van der Waals surface area contributed by atoms with Crippen LogP contribution in [-0.2, 0) is 20.9 Å². The van der Waals surface area contributed by atoms with Gasteiger partial charge in [0.1, 0.15) is 12.1 Å². The minimum atomic E-state index is -0.698. The van der Waals surface area contributed by atoms with E-state index in [0.29, 0.717) is 25.3 Å². The fourth-order valence-corrected chi connectivity index (χ4v) is 3.93. The van der Waals surface area contributed by atoms with Crippen molar-refractivity contribution in [2.45, 2.75) is 25.6 Å². The van der Waals surface area contributed by atoms with E-state index in [-0.39, 0.29) is 30.9 Å². The molecule has 2 aromatic rings. The number of carbonyl (C=O) groups excluding carboxylic acids is 3. The van der Waals surface area contributed by atoms with E-state index in [4.69, 9.17) is 4.74 Å². The van der Waals surface area contributed by atoms with Gasteiger partial charge < -0.3 is 19.9 Å². The lowest BCUT2D eigenvalue weighted by Crippen LogP contribution is -2.70. The smallest absolute Gasteiger partial charge is 0.254 e. The number of benzene rings is 2. The van der Waals surface area contributed by atoms with E-state index in [1.807, 2.05) is 55.5 Å². The van der Waals surface area contributed by atoms with E-state index in [9.17, 15) is 14.4 Å². The molecule has 2 aliphatic heterocycles. The summed E-state index contributed by atoms with van der Waals surface area (Å²) in [5.74, 6) is -0.521. The van der Waals surface area contributed by atoms with Crippen LogP contribution >= 0.6 is 0 Å². The van der Waals surface area contributed by atoms with Gasteiger partial charge in [0.2, 0.25) is 11.8 Å². The SMILES string of the molecule is Cc1cccc(C(=O)N2CCN3C(=O)[C@H](COCc4ccccc4)NC(=O)[C@H]3C2)c1. The Morgan fingerprint density at radius 2 is 1.90 bits per heavy atom. The molecule has 1 N–H and O–H groups in total. The first-order valence-corrected chi connectivity index (χ1v) is 10.1. The molecule has 0 aromatic heterocycles. The molecule has 0 unspecified atom stereocenters. The topological polar surface area (TPSA) is 79.0 Å². The zero-order valence-electron chi connectivity index (χ0n) is 16.9. The number of piperazine rings is 2. The van der Waals surface area contributed by atoms with Crippen molar-refractivity contribution in [2.24, 2.45) is 0 Å². The Balaban J connectivity index is 1.36. The monoisotopic (exact) mass is 407 g/mol. The molecule has 0 spiro atoms. The largest absolute Gasteiger partial charge is 0.374 e. The van der Waals surface area contributed by atoms with Gasteiger partial charge in [0.25, 0.3) is 5.91 Å². The predicted molar refractivity (Wildman–Crippen MR) is 111 cm³/mol. The van der Waals surface area contributed by atoms with Gasteiger partial charge in [0.15, 0.2) is 0 Å². The summed E-state index contributed by atoms with van der Waals surface area (Å²) in [5, 5.41) is 2.77. The molecule has 3 amide bonds. The third kappa shape index (κ3) is 4.21. The molecule has 4 rings (SSSR count). The molecule has 0 saturated carbocycles. The van der Waals surface area contributed by atoms with E-state index in [1.54, 1.807) is 15.9 Å². The summed E-state index contributed by atoms with van der Waals surface area (Å²) in [6.45, 7) is 3.37. The number of ether oxygens (including phenoxy) is 1. The summed E-state index contributed by atoms with van der Waals surface area (Å²) in [6.07, 6.45) is 0. The maximum absolute atomic E-state index is 12.9. The predicted octanol–water partition coefficient (Wildman–Crippen LogP) is 1.36. The lowest BCUT2D eigenvalue weighted by Gasteiger charge is -2.45. The molecule has 2 aliphatic rings. The van der Waals surface area contributed by atoms with Crippen LogP contribution in [0.4, 0.5) is 0 Å². The van der Waals surface area contributed by atoms with Gasteiger partial charge in [-0.3, -0.25) is 14.4 Å². The summed E-state index contributed by atoms with van der Waals surface area (Å²) in [4.78, 5) is 41.6. The van der Waals surface area contributed by atoms with Crippen LogP contribution in [0.5, 0.6) is 0 Å².